The van der Waals surface area contributed by atoms with Crippen molar-refractivity contribution in [3.05, 3.63) is 52.1 Å². The van der Waals surface area contributed by atoms with Crippen molar-refractivity contribution in [2.45, 2.75) is 0 Å². The van der Waals surface area contributed by atoms with E-state index in [1.807, 2.05) is 0 Å². The van der Waals surface area contributed by atoms with Gasteiger partial charge < -0.3 is 5.32 Å². The summed E-state index contributed by atoms with van der Waals surface area (Å²) in [6.07, 6.45) is 0. The third-order valence-corrected chi connectivity index (χ3v) is 2.53. The molecule has 0 aliphatic heterocycles. The van der Waals surface area contributed by atoms with Gasteiger partial charge in [-0.15, -0.1) is 0 Å². The number of nitrogens with one attached hydrogen (secondary N) is 1. The zero-order valence-corrected chi connectivity index (χ0v) is 9.85. The summed E-state index contributed by atoms with van der Waals surface area (Å²) in [6, 6.07) is 5.74. The zero-order chi connectivity index (χ0) is 14.0. The number of nitro groups is 1. The molecule has 7 heteroatoms. The van der Waals surface area contributed by atoms with Crippen molar-refractivity contribution in [3.63, 3.8) is 0 Å². The highest BCUT2D eigenvalue weighted by molar-refractivity contribution is 5.72. The minimum Gasteiger partial charge on any atom is -0.373 e. The Hall–Kier alpha value is -2.57. The molecule has 1 heterocycles. The van der Waals surface area contributed by atoms with Gasteiger partial charge in [-0.2, -0.15) is 0 Å². The van der Waals surface area contributed by atoms with Gasteiger partial charge >= 0.3 is 0 Å². The monoisotopic (exact) mass is 265 g/mol. The van der Waals surface area contributed by atoms with E-state index >= 15 is 0 Å². The first kappa shape index (κ1) is 12.9. The maximum absolute atomic E-state index is 13.7. The smallest absolute Gasteiger partial charge is 0.295 e. The van der Waals surface area contributed by atoms with Crippen LogP contribution in [0.3, 0.4) is 0 Å². The van der Waals surface area contributed by atoms with Crippen LogP contribution in [0.25, 0.3) is 11.3 Å². The van der Waals surface area contributed by atoms with Gasteiger partial charge in [-0.1, -0.05) is 6.07 Å². The van der Waals surface area contributed by atoms with Crippen LogP contribution < -0.4 is 5.32 Å². The Bertz CT molecular complexity index is 627. The lowest BCUT2D eigenvalue weighted by Crippen LogP contribution is -2.01. The zero-order valence-electron chi connectivity index (χ0n) is 9.85. The number of pyridine rings is 1. The molecule has 0 atom stereocenters. The standard InChI is InChI=1S/C12H9F2N3O2/c1-15-10-6-5-9(17(18)19)12(16-10)11-7(13)3-2-4-8(11)14/h2-6H,1H3,(H,15,16). The summed E-state index contributed by atoms with van der Waals surface area (Å²) in [5, 5.41) is 13.6. The molecule has 1 aromatic carbocycles. The van der Waals surface area contributed by atoms with Crippen molar-refractivity contribution < 1.29 is 13.7 Å². The van der Waals surface area contributed by atoms with Crippen LogP contribution in [0.1, 0.15) is 0 Å². The quantitative estimate of drug-likeness (QED) is 0.684. The van der Waals surface area contributed by atoms with Crippen LogP contribution >= 0.6 is 0 Å². The third kappa shape index (κ3) is 2.35. The maximum Gasteiger partial charge on any atom is 0.295 e. The van der Waals surface area contributed by atoms with Crippen LogP contribution in [0.4, 0.5) is 20.3 Å². The number of nitrogens with zero attached hydrogens (tertiary/aromatic N) is 2. The van der Waals surface area contributed by atoms with E-state index in [1.165, 1.54) is 12.1 Å². The summed E-state index contributed by atoms with van der Waals surface area (Å²) in [5.41, 5.74) is -1.30. The first-order valence-corrected chi connectivity index (χ1v) is 5.32. The molecule has 2 rings (SSSR count). The minimum absolute atomic E-state index is 0.281. The highest BCUT2D eigenvalue weighted by Crippen LogP contribution is 2.32. The van der Waals surface area contributed by atoms with Crippen LogP contribution in [-0.2, 0) is 0 Å². The molecule has 0 aliphatic carbocycles. The second-order valence-corrected chi connectivity index (χ2v) is 3.67. The molecule has 0 spiro atoms. The average molecular weight is 265 g/mol. The van der Waals surface area contributed by atoms with Crippen LogP contribution in [-0.4, -0.2) is 17.0 Å². The number of anilines is 1. The van der Waals surface area contributed by atoms with Gasteiger partial charge in [0.25, 0.3) is 5.69 Å². The first-order valence-electron chi connectivity index (χ1n) is 5.32. The lowest BCUT2D eigenvalue weighted by molar-refractivity contribution is -0.384. The van der Waals surface area contributed by atoms with E-state index in [1.54, 1.807) is 7.05 Å². The normalized spacial score (nSPS) is 10.3. The molecule has 0 fully saturated rings. The highest BCUT2D eigenvalue weighted by atomic mass is 19.1. The molecule has 1 aromatic heterocycles. The number of rotatable bonds is 3. The Morgan fingerprint density at radius 3 is 2.37 bits per heavy atom. The topological polar surface area (TPSA) is 68.1 Å². The predicted molar refractivity (Wildman–Crippen MR) is 65.8 cm³/mol. The molecular weight excluding hydrogens is 256 g/mol. The third-order valence-electron chi connectivity index (χ3n) is 2.53. The van der Waals surface area contributed by atoms with E-state index in [0.29, 0.717) is 0 Å². The molecule has 19 heavy (non-hydrogen) atoms. The molecule has 0 saturated carbocycles. The summed E-state index contributed by atoms with van der Waals surface area (Å²) < 4.78 is 27.4. The number of hydrogen-bond donors (Lipinski definition) is 1. The van der Waals surface area contributed by atoms with E-state index in [2.05, 4.69) is 10.3 Å². The average Bonchev–Trinajstić information content (AvgIpc) is 2.38. The van der Waals surface area contributed by atoms with Crippen molar-refractivity contribution in [3.8, 4) is 11.3 Å². The molecule has 0 aliphatic rings. The van der Waals surface area contributed by atoms with Gasteiger partial charge in [0.05, 0.1) is 10.5 Å². The maximum atomic E-state index is 13.7. The van der Waals surface area contributed by atoms with E-state index in [4.69, 9.17) is 0 Å². The van der Waals surface area contributed by atoms with Crippen LogP contribution in [0.5, 0.6) is 0 Å². The van der Waals surface area contributed by atoms with Crippen molar-refractivity contribution in [1.82, 2.24) is 4.98 Å². The summed E-state index contributed by atoms with van der Waals surface area (Å²) in [5.74, 6) is -1.52. The minimum atomic E-state index is -0.899. The van der Waals surface area contributed by atoms with Crippen LogP contribution in [0.2, 0.25) is 0 Å². The van der Waals surface area contributed by atoms with Gasteiger partial charge in [0, 0.05) is 13.1 Å². The van der Waals surface area contributed by atoms with Gasteiger partial charge in [-0.3, -0.25) is 10.1 Å². The molecule has 0 unspecified atom stereocenters. The fraction of sp³-hybridized carbons (Fsp3) is 0.0833. The van der Waals surface area contributed by atoms with Crippen molar-refractivity contribution in [2.24, 2.45) is 0 Å². The molecule has 1 N–H and O–H groups in total. The van der Waals surface area contributed by atoms with Crippen molar-refractivity contribution >= 4 is 11.5 Å². The Kier molecular flexibility index (Phi) is 3.37. The van der Waals surface area contributed by atoms with Crippen LogP contribution in [0.15, 0.2) is 30.3 Å². The van der Waals surface area contributed by atoms with Gasteiger partial charge in [0.2, 0.25) is 0 Å². The highest BCUT2D eigenvalue weighted by Gasteiger charge is 2.23. The molecule has 0 radical (unpaired) electrons. The molecule has 0 saturated heterocycles. The molecule has 5 nitrogen and oxygen atoms in total. The predicted octanol–water partition coefficient (Wildman–Crippen LogP) is 2.98. The Balaban J connectivity index is 2.75. The summed E-state index contributed by atoms with van der Waals surface area (Å²) in [6.45, 7) is 0. The Morgan fingerprint density at radius 2 is 1.84 bits per heavy atom. The molecule has 98 valence electrons. The van der Waals surface area contributed by atoms with Gasteiger partial charge in [0.1, 0.15) is 17.5 Å². The number of benzene rings is 1. The van der Waals surface area contributed by atoms with E-state index in [0.717, 1.165) is 18.2 Å². The summed E-state index contributed by atoms with van der Waals surface area (Å²) >= 11 is 0. The largest absolute Gasteiger partial charge is 0.373 e. The summed E-state index contributed by atoms with van der Waals surface area (Å²) in [4.78, 5) is 14.1. The Labute approximate surface area is 107 Å². The second kappa shape index (κ2) is 4.97. The van der Waals surface area contributed by atoms with Crippen molar-refractivity contribution in [1.29, 1.82) is 0 Å². The van der Waals surface area contributed by atoms with Gasteiger partial charge in [-0.05, 0) is 18.2 Å². The lowest BCUT2D eigenvalue weighted by Gasteiger charge is -2.07. The van der Waals surface area contributed by atoms with Crippen molar-refractivity contribution in [2.75, 3.05) is 12.4 Å². The number of hydrogen-bond acceptors (Lipinski definition) is 4. The fourth-order valence-corrected chi connectivity index (χ4v) is 1.65. The van der Waals surface area contributed by atoms with Crippen LogP contribution in [0, 0.1) is 21.7 Å². The van der Waals surface area contributed by atoms with E-state index in [-0.39, 0.29) is 11.5 Å². The van der Waals surface area contributed by atoms with E-state index in [9.17, 15) is 18.9 Å². The lowest BCUT2D eigenvalue weighted by atomic mass is 10.1. The number of aromatic nitrogens is 1. The molecule has 0 amide bonds. The Morgan fingerprint density at radius 1 is 1.21 bits per heavy atom. The molecule has 2 aromatic rings. The number of halogens is 2. The second-order valence-electron chi connectivity index (χ2n) is 3.67. The van der Waals surface area contributed by atoms with Gasteiger partial charge in [-0.25, -0.2) is 13.8 Å². The SMILES string of the molecule is CNc1ccc([N+](=O)[O-])c(-c2c(F)cccc2F)n1. The molecule has 0 bridgehead atoms. The summed E-state index contributed by atoms with van der Waals surface area (Å²) in [7, 11) is 1.55. The molecular formula is C12H9F2N3O2. The fourth-order valence-electron chi connectivity index (χ4n) is 1.65. The van der Waals surface area contributed by atoms with E-state index < -0.39 is 27.8 Å². The van der Waals surface area contributed by atoms with Gasteiger partial charge in [0.15, 0.2) is 5.69 Å². The first-order chi connectivity index (χ1) is 9.04.